The molecule has 3 N–H and O–H groups in total. The normalized spacial score (nSPS) is 16.5. The number of amides is 2. The van der Waals surface area contributed by atoms with E-state index in [2.05, 4.69) is 0 Å². The lowest BCUT2D eigenvalue weighted by molar-refractivity contribution is -0.0608. The first-order valence-electron chi connectivity index (χ1n) is 7.89. The smallest absolute Gasteiger partial charge is 0.339 e. The lowest BCUT2D eigenvalue weighted by Crippen LogP contribution is -2.39. The van der Waals surface area contributed by atoms with Crippen molar-refractivity contribution in [3.05, 3.63) is 71.8 Å². The van der Waals surface area contributed by atoms with Gasteiger partial charge in [0.25, 0.3) is 0 Å². The second-order valence-electron chi connectivity index (χ2n) is 5.78. The molecule has 5 nitrogen and oxygen atoms in total. The minimum absolute atomic E-state index is 0.355. The van der Waals surface area contributed by atoms with Gasteiger partial charge in [0.15, 0.2) is 0 Å². The van der Waals surface area contributed by atoms with Gasteiger partial charge in [-0.2, -0.15) is 5.06 Å². The van der Waals surface area contributed by atoms with Crippen LogP contribution in [0.2, 0.25) is 0 Å². The number of allylic oxidation sites excluding steroid dienone is 1. The van der Waals surface area contributed by atoms with E-state index in [9.17, 15) is 10.0 Å². The van der Waals surface area contributed by atoms with E-state index in [1.165, 1.54) is 0 Å². The highest BCUT2D eigenvalue weighted by Crippen LogP contribution is 2.31. The predicted molar refractivity (Wildman–Crippen MR) is 91.4 cm³/mol. The molecule has 0 fully saturated rings. The third-order valence-corrected chi connectivity index (χ3v) is 4.12. The van der Waals surface area contributed by atoms with Crippen LogP contribution in [-0.4, -0.2) is 22.3 Å². The predicted octanol–water partition coefficient (Wildman–Crippen LogP) is 3.58. The van der Waals surface area contributed by atoms with Crippen molar-refractivity contribution in [2.45, 2.75) is 25.5 Å². The Labute approximate surface area is 140 Å². The van der Waals surface area contributed by atoms with E-state index in [0.717, 1.165) is 28.9 Å². The molecule has 0 radical (unpaired) electrons. The summed E-state index contributed by atoms with van der Waals surface area (Å²) in [6, 6.07) is 16.6. The van der Waals surface area contributed by atoms with E-state index in [0.29, 0.717) is 18.1 Å². The maximum Gasteiger partial charge on any atom is 0.339 e. The topological polar surface area (TPSA) is 75.8 Å². The molecular formula is C19H20N2O3. The number of carbonyl (C=O) groups excluding carboxylic acids is 1. The van der Waals surface area contributed by atoms with E-state index in [4.69, 9.17) is 10.5 Å². The molecule has 2 aromatic rings. The van der Waals surface area contributed by atoms with E-state index < -0.39 is 6.03 Å². The maximum absolute atomic E-state index is 11.0. The quantitative estimate of drug-likeness (QED) is 0.652. The van der Waals surface area contributed by atoms with Crippen molar-refractivity contribution in [3.8, 4) is 5.75 Å². The van der Waals surface area contributed by atoms with Crippen LogP contribution in [0.25, 0.3) is 5.57 Å². The highest BCUT2D eigenvalue weighted by Gasteiger charge is 2.24. The maximum atomic E-state index is 11.0. The van der Waals surface area contributed by atoms with Crippen LogP contribution < -0.4 is 10.5 Å². The number of rotatable bonds is 5. The van der Waals surface area contributed by atoms with Gasteiger partial charge in [0.2, 0.25) is 0 Å². The number of hydrogen-bond donors (Lipinski definition) is 2. The van der Waals surface area contributed by atoms with E-state index >= 15 is 0 Å². The van der Waals surface area contributed by atoms with E-state index in [1.54, 1.807) is 0 Å². The van der Waals surface area contributed by atoms with Gasteiger partial charge in [-0.3, -0.25) is 5.21 Å². The summed E-state index contributed by atoms with van der Waals surface area (Å²) in [5.41, 5.74) is 8.37. The first-order valence-corrected chi connectivity index (χ1v) is 7.89. The summed E-state index contributed by atoms with van der Waals surface area (Å²) in [5.74, 6) is 0.804. The Morgan fingerprint density at radius 2 is 1.88 bits per heavy atom. The van der Waals surface area contributed by atoms with Gasteiger partial charge < -0.3 is 10.5 Å². The second kappa shape index (κ2) is 7.19. The van der Waals surface area contributed by atoms with Gasteiger partial charge in [-0.25, -0.2) is 4.79 Å². The van der Waals surface area contributed by atoms with Crippen molar-refractivity contribution in [2.24, 2.45) is 5.73 Å². The monoisotopic (exact) mass is 324 g/mol. The van der Waals surface area contributed by atoms with E-state index in [-0.39, 0.29) is 6.04 Å². The zero-order valence-corrected chi connectivity index (χ0v) is 13.3. The van der Waals surface area contributed by atoms with Gasteiger partial charge >= 0.3 is 6.03 Å². The van der Waals surface area contributed by atoms with Crippen molar-refractivity contribution in [1.29, 1.82) is 0 Å². The number of nitrogens with two attached hydrogens (primary N) is 1. The first kappa shape index (κ1) is 16.1. The van der Waals surface area contributed by atoms with Crippen LogP contribution >= 0.6 is 0 Å². The van der Waals surface area contributed by atoms with Crippen LogP contribution in [0.3, 0.4) is 0 Å². The highest BCUT2D eigenvalue weighted by molar-refractivity contribution is 5.74. The lowest BCUT2D eigenvalue weighted by Gasteiger charge is -2.17. The van der Waals surface area contributed by atoms with Gasteiger partial charge in [0.05, 0.1) is 6.04 Å². The van der Waals surface area contributed by atoms with Gasteiger partial charge in [0.1, 0.15) is 12.4 Å². The van der Waals surface area contributed by atoms with Gasteiger partial charge in [-0.1, -0.05) is 48.5 Å². The average molecular weight is 324 g/mol. The molecule has 124 valence electrons. The highest BCUT2D eigenvalue weighted by atomic mass is 16.5. The molecule has 2 aromatic carbocycles. The number of hydrogen-bond acceptors (Lipinski definition) is 3. The van der Waals surface area contributed by atoms with Crippen molar-refractivity contribution in [2.75, 3.05) is 0 Å². The fraction of sp³-hybridized carbons (Fsp3) is 0.211. The summed E-state index contributed by atoms with van der Waals surface area (Å²) >= 11 is 0. The average Bonchev–Trinajstić information content (AvgIpc) is 3.10. The molecule has 0 bridgehead atoms. The Hall–Kier alpha value is -2.79. The number of carbonyl (C=O) groups is 1. The summed E-state index contributed by atoms with van der Waals surface area (Å²) < 4.78 is 5.77. The summed E-state index contributed by atoms with van der Waals surface area (Å²) in [5, 5.41) is 10.2. The lowest BCUT2D eigenvalue weighted by atomic mass is 10.1. The van der Waals surface area contributed by atoms with Crippen molar-refractivity contribution < 1.29 is 14.7 Å². The van der Waals surface area contributed by atoms with E-state index in [1.807, 2.05) is 60.7 Å². The summed E-state index contributed by atoms with van der Waals surface area (Å²) in [6.07, 6.45) is 3.34. The molecule has 1 aliphatic carbocycles. The van der Waals surface area contributed by atoms with Crippen molar-refractivity contribution in [1.82, 2.24) is 5.06 Å². The van der Waals surface area contributed by atoms with Gasteiger partial charge in [0, 0.05) is 0 Å². The standard InChI is InChI=1S/C19H20N2O3/c20-19(22)21(23)17-9-6-16(12-17)15-7-10-18(11-8-15)24-13-14-4-2-1-3-5-14/h1-5,7-8,10-12,17,23H,6,9,13H2,(H2,20,22). The Morgan fingerprint density at radius 1 is 1.17 bits per heavy atom. The number of hydroxylamine groups is 2. The zero-order valence-electron chi connectivity index (χ0n) is 13.3. The number of primary amides is 1. The third-order valence-electron chi connectivity index (χ3n) is 4.12. The van der Waals surface area contributed by atoms with Gasteiger partial charge in [-0.15, -0.1) is 0 Å². The van der Waals surface area contributed by atoms with Crippen LogP contribution in [0.1, 0.15) is 24.0 Å². The molecule has 1 unspecified atom stereocenters. The molecule has 5 heteroatoms. The zero-order chi connectivity index (χ0) is 16.9. The second-order valence-corrected chi connectivity index (χ2v) is 5.78. The summed E-state index contributed by atoms with van der Waals surface area (Å²) in [6.45, 7) is 0.531. The number of urea groups is 1. The summed E-state index contributed by atoms with van der Waals surface area (Å²) in [7, 11) is 0. The molecule has 24 heavy (non-hydrogen) atoms. The van der Waals surface area contributed by atoms with Crippen LogP contribution in [0.4, 0.5) is 4.79 Å². The number of ether oxygens (including phenoxy) is 1. The Balaban J connectivity index is 1.62. The molecule has 0 aliphatic heterocycles. The number of benzene rings is 2. The Morgan fingerprint density at radius 3 is 2.54 bits per heavy atom. The van der Waals surface area contributed by atoms with Crippen molar-refractivity contribution >= 4 is 11.6 Å². The number of nitrogens with zero attached hydrogens (tertiary/aromatic N) is 1. The molecule has 1 aliphatic rings. The molecule has 0 heterocycles. The Bertz CT molecular complexity index is 726. The van der Waals surface area contributed by atoms with Gasteiger partial charge in [-0.05, 0) is 41.7 Å². The molecular weight excluding hydrogens is 304 g/mol. The first-order chi connectivity index (χ1) is 11.6. The minimum Gasteiger partial charge on any atom is -0.489 e. The summed E-state index contributed by atoms with van der Waals surface area (Å²) in [4.78, 5) is 11.0. The van der Waals surface area contributed by atoms with Crippen LogP contribution in [0, 0.1) is 0 Å². The fourth-order valence-corrected chi connectivity index (χ4v) is 2.81. The minimum atomic E-state index is -0.831. The molecule has 3 rings (SSSR count). The van der Waals surface area contributed by atoms with Crippen LogP contribution in [0.5, 0.6) is 5.75 Å². The molecule has 0 aromatic heterocycles. The molecule has 0 saturated heterocycles. The molecule has 2 amide bonds. The fourth-order valence-electron chi connectivity index (χ4n) is 2.81. The largest absolute Gasteiger partial charge is 0.489 e. The molecule has 1 atom stereocenters. The Kier molecular flexibility index (Phi) is 4.82. The van der Waals surface area contributed by atoms with Crippen LogP contribution in [0.15, 0.2) is 60.7 Å². The SMILES string of the molecule is NC(=O)N(O)C1C=C(c2ccc(OCc3ccccc3)cc2)CC1. The van der Waals surface area contributed by atoms with Crippen molar-refractivity contribution in [3.63, 3.8) is 0 Å². The third kappa shape index (κ3) is 3.75. The molecule has 0 saturated carbocycles. The van der Waals surface area contributed by atoms with Crippen LogP contribution in [-0.2, 0) is 6.61 Å². The molecule has 0 spiro atoms.